The number of nitro benzene ring substituents is 1. The van der Waals surface area contributed by atoms with Crippen molar-refractivity contribution in [3.05, 3.63) is 39.2 Å². The van der Waals surface area contributed by atoms with Crippen molar-refractivity contribution in [3.63, 3.8) is 0 Å². The topological polar surface area (TPSA) is 92.5 Å². The number of aliphatic hydroxyl groups is 1. The first-order valence-electron chi connectivity index (χ1n) is 6.82. The summed E-state index contributed by atoms with van der Waals surface area (Å²) in [5.74, 6) is -1.44. The van der Waals surface area contributed by atoms with Crippen LogP contribution in [0.25, 0.3) is 0 Å². The van der Waals surface area contributed by atoms with Crippen LogP contribution in [-0.4, -0.2) is 28.1 Å². The Morgan fingerprint density at radius 2 is 2.19 bits per heavy atom. The maximum absolute atomic E-state index is 14.0. The molecule has 1 fully saturated rings. The number of carbonyl (C=O) groups is 1. The van der Waals surface area contributed by atoms with Crippen molar-refractivity contribution in [3.8, 4) is 0 Å². The van der Waals surface area contributed by atoms with Crippen LogP contribution in [0.4, 0.5) is 10.1 Å². The monoisotopic (exact) mass is 296 g/mol. The van der Waals surface area contributed by atoms with E-state index in [0.717, 1.165) is 18.6 Å². The van der Waals surface area contributed by atoms with E-state index in [1.54, 1.807) is 0 Å². The number of hydrogen-bond acceptors (Lipinski definition) is 4. The van der Waals surface area contributed by atoms with Gasteiger partial charge < -0.3 is 10.4 Å². The summed E-state index contributed by atoms with van der Waals surface area (Å²) in [5, 5.41) is 23.0. The Balaban J connectivity index is 2.20. The smallest absolute Gasteiger partial charge is 0.270 e. The maximum atomic E-state index is 14.0. The lowest BCUT2D eigenvalue weighted by molar-refractivity contribution is -0.385. The van der Waals surface area contributed by atoms with Gasteiger partial charge in [0.2, 0.25) is 0 Å². The third-order valence-corrected chi connectivity index (χ3v) is 3.68. The Bertz CT molecular complexity index is 576. The molecule has 1 saturated carbocycles. The average Bonchev–Trinajstić information content (AvgIpc) is 2.41. The van der Waals surface area contributed by atoms with E-state index in [0.29, 0.717) is 19.3 Å². The Morgan fingerprint density at radius 3 is 2.81 bits per heavy atom. The quantitative estimate of drug-likeness (QED) is 0.659. The van der Waals surface area contributed by atoms with Gasteiger partial charge in [-0.15, -0.1) is 0 Å². The molecule has 0 saturated heterocycles. The molecule has 114 valence electrons. The minimum atomic E-state index is -0.755. The van der Waals surface area contributed by atoms with Gasteiger partial charge in [0.05, 0.1) is 16.6 Å². The van der Waals surface area contributed by atoms with Gasteiger partial charge in [-0.05, 0) is 38.2 Å². The van der Waals surface area contributed by atoms with Gasteiger partial charge >= 0.3 is 0 Å². The molecule has 2 rings (SSSR count). The molecule has 21 heavy (non-hydrogen) atoms. The van der Waals surface area contributed by atoms with Crippen LogP contribution in [0, 0.1) is 22.9 Å². The van der Waals surface area contributed by atoms with Crippen LogP contribution in [0.2, 0.25) is 0 Å². The third-order valence-electron chi connectivity index (χ3n) is 3.68. The van der Waals surface area contributed by atoms with Gasteiger partial charge in [-0.1, -0.05) is 0 Å². The molecule has 2 unspecified atom stereocenters. The number of hydrogen-bond donors (Lipinski definition) is 2. The van der Waals surface area contributed by atoms with Crippen LogP contribution in [0.15, 0.2) is 12.1 Å². The molecular formula is C14H17FN2O4. The van der Waals surface area contributed by atoms with Crippen LogP contribution >= 0.6 is 0 Å². The summed E-state index contributed by atoms with van der Waals surface area (Å²) in [6, 6.07) is 1.80. The van der Waals surface area contributed by atoms with E-state index in [1.807, 2.05) is 0 Å². The van der Waals surface area contributed by atoms with Crippen molar-refractivity contribution in [2.45, 2.75) is 44.8 Å². The van der Waals surface area contributed by atoms with Gasteiger partial charge in [0.1, 0.15) is 5.82 Å². The summed E-state index contributed by atoms with van der Waals surface area (Å²) in [6.45, 7) is 1.38. The number of benzene rings is 1. The molecule has 1 aliphatic rings. The first kappa shape index (κ1) is 15.4. The highest BCUT2D eigenvalue weighted by molar-refractivity contribution is 5.95. The minimum Gasteiger partial charge on any atom is -0.393 e. The highest BCUT2D eigenvalue weighted by Crippen LogP contribution is 2.23. The number of nitro groups is 1. The molecule has 6 nitrogen and oxygen atoms in total. The molecule has 0 aliphatic heterocycles. The summed E-state index contributed by atoms with van der Waals surface area (Å²) >= 11 is 0. The number of halogens is 1. The summed E-state index contributed by atoms with van der Waals surface area (Å²) in [4.78, 5) is 22.2. The lowest BCUT2D eigenvalue weighted by Gasteiger charge is -2.26. The molecule has 0 aromatic heterocycles. The molecule has 7 heteroatoms. The molecular weight excluding hydrogens is 279 g/mol. The lowest BCUT2D eigenvalue weighted by atomic mass is 9.93. The van der Waals surface area contributed by atoms with Gasteiger partial charge in [0.25, 0.3) is 11.6 Å². The van der Waals surface area contributed by atoms with Crippen LogP contribution in [0.1, 0.15) is 41.6 Å². The van der Waals surface area contributed by atoms with Crippen molar-refractivity contribution in [1.82, 2.24) is 5.32 Å². The molecule has 0 heterocycles. The Labute approximate surface area is 121 Å². The number of amides is 1. The molecule has 1 aliphatic carbocycles. The van der Waals surface area contributed by atoms with Crippen LogP contribution in [-0.2, 0) is 0 Å². The second kappa shape index (κ2) is 6.17. The van der Waals surface area contributed by atoms with E-state index in [2.05, 4.69) is 5.32 Å². The van der Waals surface area contributed by atoms with Crippen molar-refractivity contribution < 1.29 is 19.2 Å². The van der Waals surface area contributed by atoms with Crippen molar-refractivity contribution in [2.75, 3.05) is 0 Å². The van der Waals surface area contributed by atoms with E-state index in [-0.39, 0.29) is 22.9 Å². The Morgan fingerprint density at radius 1 is 1.48 bits per heavy atom. The van der Waals surface area contributed by atoms with Gasteiger partial charge in [-0.25, -0.2) is 4.39 Å². The van der Waals surface area contributed by atoms with E-state index in [1.165, 1.54) is 6.92 Å². The molecule has 0 bridgehead atoms. The van der Waals surface area contributed by atoms with Gasteiger partial charge in [0, 0.05) is 18.2 Å². The van der Waals surface area contributed by atoms with Gasteiger partial charge in [-0.3, -0.25) is 14.9 Å². The molecule has 2 atom stereocenters. The normalized spacial score (nSPS) is 21.9. The highest BCUT2D eigenvalue weighted by Gasteiger charge is 2.25. The van der Waals surface area contributed by atoms with E-state index >= 15 is 0 Å². The second-order valence-electron chi connectivity index (χ2n) is 5.37. The van der Waals surface area contributed by atoms with Crippen molar-refractivity contribution in [2.24, 2.45) is 0 Å². The summed E-state index contributed by atoms with van der Waals surface area (Å²) < 4.78 is 14.0. The highest BCUT2D eigenvalue weighted by atomic mass is 19.1. The molecule has 0 spiro atoms. The first-order chi connectivity index (χ1) is 9.88. The number of rotatable bonds is 3. The standard InChI is InChI=1S/C14H17FN2O4/c1-8-5-10(17(20)21)7-12(13(8)15)14(19)16-9-3-2-4-11(18)6-9/h5,7,9,11,18H,2-4,6H2,1H3,(H,16,19). The fraction of sp³-hybridized carbons (Fsp3) is 0.500. The SMILES string of the molecule is Cc1cc([N+](=O)[O-])cc(C(=O)NC2CCCC(O)C2)c1F. The van der Waals surface area contributed by atoms with Crippen molar-refractivity contribution in [1.29, 1.82) is 0 Å². The summed E-state index contributed by atoms with van der Waals surface area (Å²) in [6.07, 6.45) is 2.12. The van der Waals surface area contributed by atoms with Crippen LogP contribution in [0.5, 0.6) is 0 Å². The second-order valence-corrected chi connectivity index (χ2v) is 5.37. The zero-order valence-electron chi connectivity index (χ0n) is 11.6. The average molecular weight is 296 g/mol. The van der Waals surface area contributed by atoms with E-state index in [4.69, 9.17) is 0 Å². The lowest BCUT2D eigenvalue weighted by Crippen LogP contribution is -2.40. The molecule has 0 radical (unpaired) electrons. The number of nitrogens with zero attached hydrogens (tertiary/aromatic N) is 1. The van der Waals surface area contributed by atoms with Gasteiger partial charge in [0.15, 0.2) is 0 Å². The Kier molecular flexibility index (Phi) is 4.52. The van der Waals surface area contributed by atoms with E-state index in [9.17, 15) is 24.4 Å². The third kappa shape index (κ3) is 3.55. The zero-order chi connectivity index (χ0) is 15.6. The van der Waals surface area contributed by atoms with Crippen LogP contribution in [0.3, 0.4) is 0 Å². The fourth-order valence-electron chi connectivity index (χ4n) is 2.58. The van der Waals surface area contributed by atoms with E-state index < -0.39 is 22.8 Å². The molecule has 1 aromatic rings. The predicted molar refractivity (Wildman–Crippen MR) is 73.5 cm³/mol. The largest absolute Gasteiger partial charge is 0.393 e. The maximum Gasteiger partial charge on any atom is 0.270 e. The molecule has 1 aromatic carbocycles. The summed E-state index contributed by atoms with van der Waals surface area (Å²) in [7, 11) is 0. The number of nitrogens with one attached hydrogen (secondary N) is 1. The predicted octanol–water partition coefficient (Wildman–Crippen LogP) is 2.08. The zero-order valence-corrected chi connectivity index (χ0v) is 11.6. The molecule has 2 N–H and O–H groups in total. The minimum absolute atomic E-state index is 0.0537. The molecule has 1 amide bonds. The van der Waals surface area contributed by atoms with Crippen LogP contribution < -0.4 is 5.32 Å². The Hall–Kier alpha value is -2.02. The number of aryl methyl sites for hydroxylation is 1. The fourth-order valence-corrected chi connectivity index (χ4v) is 2.58. The first-order valence-corrected chi connectivity index (χ1v) is 6.82. The van der Waals surface area contributed by atoms with Crippen molar-refractivity contribution >= 4 is 11.6 Å². The number of aliphatic hydroxyl groups excluding tert-OH is 1. The number of carbonyl (C=O) groups excluding carboxylic acids is 1. The van der Waals surface area contributed by atoms with Gasteiger partial charge in [-0.2, -0.15) is 0 Å². The summed E-state index contributed by atoms with van der Waals surface area (Å²) in [5.41, 5.74) is -0.595. The number of non-ortho nitro benzene ring substituents is 1.